The molecule has 0 aromatic carbocycles. The largest absolute Gasteiger partial charge is 0.364 e. The Morgan fingerprint density at radius 1 is 1.29 bits per heavy atom. The Hall–Kier alpha value is -1.72. The van der Waals surface area contributed by atoms with Gasteiger partial charge in [-0.2, -0.15) is 0 Å². The van der Waals surface area contributed by atoms with E-state index in [2.05, 4.69) is 25.2 Å². The van der Waals surface area contributed by atoms with Crippen molar-refractivity contribution in [2.75, 3.05) is 0 Å². The molecule has 0 fully saturated rings. The van der Waals surface area contributed by atoms with E-state index in [1.807, 2.05) is 20.8 Å². The summed E-state index contributed by atoms with van der Waals surface area (Å²) in [5.74, 6) is 0.833. The predicted octanol–water partition coefficient (Wildman–Crippen LogP) is 0.810. The fraction of sp³-hybridized carbons (Fsp3) is 0.500. The van der Waals surface area contributed by atoms with Crippen LogP contribution in [0.1, 0.15) is 17.1 Å². The third-order valence-electron chi connectivity index (χ3n) is 1.82. The fourth-order valence-electron chi connectivity index (χ4n) is 0.616. The van der Waals surface area contributed by atoms with E-state index >= 15 is 0 Å². The first-order valence-corrected chi connectivity index (χ1v) is 4.17. The molecule has 6 nitrogen and oxygen atoms in total. The molecule has 0 radical (unpaired) electrons. The van der Waals surface area contributed by atoms with Gasteiger partial charge in [-0.25, -0.2) is 4.68 Å². The van der Waals surface area contributed by atoms with Gasteiger partial charge < -0.3 is 4.52 Å². The standard InChI is InChI=1S/C5H7NO.C3H6N4/c1-4-3-7-6-5(4)2;1-3-4-5-6-7(3)2/h3H,1-2H3;1-2H3. The summed E-state index contributed by atoms with van der Waals surface area (Å²) in [6.07, 6.45) is 1.63. The van der Waals surface area contributed by atoms with Crippen LogP contribution in [-0.2, 0) is 7.05 Å². The van der Waals surface area contributed by atoms with Gasteiger partial charge in [0.1, 0.15) is 12.1 Å². The third kappa shape index (κ3) is 2.65. The number of rotatable bonds is 0. The maximum absolute atomic E-state index is 4.59. The van der Waals surface area contributed by atoms with Crippen LogP contribution in [0.15, 0.2) is 10.8 Å². The lowest BCUT2D eigenvalue weighted by molar-refractivity contribution is 0.414. The van der Waals surface area contributed by atoms with E-state index in [1.165, 1.54) is 0 Å². The summed E-state index contributed by atoms with van der Waals surface area (Å²) in [5.41, 5.74) is 2.08. The number of nitrogens with zero attached hydrogens (tertiary/aromatic N) is 5. The second-order valence-corrected chi connectivity index (χ2v) is 2.93. The lowest BCUT2D eigenvalue weighted by Gasteiger charge is -1.81. The molecule has 0 saturated heterocycles. The van der Waals surface area contributed by atoms with Crippen molar-refractivity contribution in [1.82, 2.24) is 25.4 Å². The van der Waals surface area contributed by atoms with Gasteiger partial charge >= 0.3 is 0 Å². The van der Waals surface area contributed by atoms with Crippen molar-refractivity contribution in [1.29, 1.82) is 0 Å². The van der Waals surface area contributed by atoms with Crippen molar-refractivity contribution in [3.63, 3.8) is 0 Å². The molecule has 14 heavy (non-hydrogen) atoms. The minimum atomic E-state index is 0.833. The zero-order valence-corrected chi connectivity index (χ0v) is 8.72. The lowest BCUT2D eigenvalue weighted by Crippen LogP contribution is -1.92. The Balaban J connectivity index is 0.000000140. The van der Waals surface area contributed by atoms with Gasteiger partial charge in [0.25, 0.3) is 0 Å². The molecule has 0 N–H and O–H groups in total. The molecule has 0 bridgehead atoms. The van der Waals surface area contributed by atoms with Crippen LogP contribution in [0.4, 0.5) is 0 Å². The van der Waals surface area contributed by atoms with E-state index in [1.54, 1.807) is 18.0 Å². The highest BCUT2D eigenvalue weighted by molar-refractivity contribution is 5.08. The van der Waals surface area contributed by atoms with Crippen LogP contribution in [-0.4, -0.2) is 25.4 Å². The van der Waals surface area contributed by atoms with Gasteiger partial charge in [0.2, 0.25) is 0 Å². The van der Waals surface area contributed by atoms with Crippen LogP contribution in [0.3, 0.4) is 0 Å². The topological polar surface area (TPSA) is 69.6 Å². The SMILES string of the molecule is Cc1conc1C.Cc1nnnn1C. The summed E-state index contributed by atoms with van der Waals surface area (Å²) in [6, 6.07) is 0. The smallest absolute Gasteiger partial charge is 0.147 e. The molecular formula is C8H13N5O. The molecule has 0 unspecified atom stereocenters. The first kappa shape index (κ1) is 10.4. The van der Waals surface area contributed by atoms with Gasteiger partial charge in [0, 0.05) is 12.6 Å². The van der Waals surface area contributed by atoms with Crippen molar-refractivity contribution in [2.45, 2.75) is 20.8 Å². The highest BCUT2D eigenvalue weighted by Gasteiger charge is 1.91. The van der Waals surface area contributed by atoms with Gasteiger partial charge in [-0.15, -0.1) is 5.10 Å². The quantitative estimate of drug-likeness (QED) is 0.622. The lowest BCUT2D eigenvalue weighted by atomic mass is 10.3. The van der Waals surface area contributed by atoms with E-state index in [9.17, 15) is 0 Å². The van der Waals surface area contributed by atoms with Crippen molar-refractivity contribution in [3.05, 3.63) is 23.3 Å². The van der Waals surface area contributed by atoms with Crippen molar-refractivity contribution >= 4 is 0 Å². The first-order chi connectivity index (χ1) is 6.61. The molecule has 6 heteroatoms. The first-order valence-electron chi connectivity index (χ1n) is 4.17. The van der Waals surface area contributed by atoms with Gasteiger partial charge in [-0.1, -0.05) is 5.16 Å². The van der Waals surface area contributed by atoms with Crippen LogP contribution in [0.2, 0.25) is 0 Å². The second-order valence-electron chi connectivity index (χ2n) is 2.93. The highest BCUT2D eigenvalue weighted by atomic mass is 16.5. The molecule has 0 saturated carbocycles. The molecule has 0 aliphatic heterocycles. The van der Waals surface area contributed by atoms with E-state index in [0.29, 0.717) is 0 Å². The van der Waals surface area contributed by atoms with Crippen LogP contribution < -0.4 is 0 Å². The summed E-state index contributed by atoms with van der Waals surface area (Å²) >= 11 is 0. The van der Waals surface area contributed by atoms with Crippen LogP contribution in [0.25, 0.3) is 0 Å². The van der Waals surface area contributed by atoms with E-state index in [4.69, 9.17) is 0 Å². The zero-order chi connectivity index (χ0) is 10.6. The zero-order valence-electron chi connectivity index (χ0n) is 8.72. The van der Waals surface area contributed by atoms with Crippen molar-refractivity contribution < 1.29 is 4.52 Å². The summed E-state index contributed by atoms with van der Waals surface area (Å²) in [4.78, 5) is 0. The summed E-state index contributed by atoms with van der Waals surface area (Å²) < 4.78 is 6.21. The molecular weight excluding hydrogens is 182 g/mol. The fourth-order valence-corrected chi connectivity index (χ4v) is 0.616. The van der Waals surface area contributed by atoms with E-state index < -0.39 is 0 Å². The molecule has 0 aliphatic rings. The predicted molar refractivity (Wildman–Crippen MR) is 49.5 cm³/mol. The highest BCUT2D eigenvalue weighted by Crippen LogP contribution is 1.99. The molecule has 2 rings (SSSR count). The van der Waals surface area contributed by atoms with Gasteiger partial charge in [-0.3, -0.25) is 0 Å². The Kier molecular flexibility index (Phi) is 3.33. The number of tetrazole rings is 1. The number of hydrogen-bond donors (Lipinski definition) is 0. The maximum Gasteiger partial charge on any atom is 0.147 e. The van der Waals surface area contributed by atoms with Crippen LogP contribution in [0.5, 0.6) is 0 Å². The summed E-state index contributed by atoms with van der Waals surface area (Å²) in [7, 11) is 1.80. The molecule has 0 spiro atoms. The molecule has 0 aliphatic carbocycles. The summed E-state index contributed by atoms with van der Waals surface area (Å²) in [6.45, 7) is 5.73. The maximum atomic E-state index is 4.59. The van der Waals surface area contributed by atoms with E-state index in [-0.39, 0.29) is 0 Å². The number of hydrogen-bond acceptors (Lipinski definition) is 5. The second kappa shape index (κ2) is 4.50. The minimum absolute atomic E-state index is 0.833. The molecule has 76 valence electrons. The molecule has 0 atom stereocenters. The van der Waals surface area contributed by atoms with Crippen molar-refractivity contribution in [2.24, 2.45) is 7.05 Å². The van der Waals surface area contributed by atoms with Crippen LogP contribution >= 0.6 is 0 Å². The molecule has 0 amide bonds. The van der Waals surface area contributed by atoms with Gasteiger partial charge in [0.15, 0.2) is 0 Å². The molecule has 2 aromatic rings. The average molecular weight is 195 g/mol. The number of aryl methyl sites for hydroxylation is 4. The third-order valence-corrected chi connectivity index (χ3v) is 1.82. The van der Waals surface area contributed by atoms with Crippen LogP contribution in [0, 0.1) is 20.8 Å². The summed E-state index contributed by atoms with van der Waals surface area (Å²) in [5, 5.41) is 14.2. The average Bonchev–Trinajstić information content (AvgIpc) is 2.67. The molecule has 2 aromatic heterocycles. The van der Waals surface area contributed by atoms with Crippen molar-refractivity contribution in [3.8, 4) is 0 Å². The van der Waals surface area contributed by atoms with E-state index in [0.717, 1.165) is 17.1 Å². The Bertz CT molecular complexity index is 321. The Labute approximate surface area is 81.9 Å². The monoisotopic (exact) mass is 195 g/mol. The Morgan fingerprint density at radius 2 is 2.00 bits per heavy atom. The Morgan fingerprint density at radius 3 is 2.14 bits per heavy atom. The number of aromatic nitrogens is 5. The molecule has 2 heterocycles. The van der Waals surface area contributed by atoms with Gasteiger partial charge in [-0.05, 0) is 31.2 Å². The normalized spacial score (nSPS) is 9.43. The minimum Gasteiger partial charge on any atom is -0.364 e. The van der Waals surface area contributed by atoms with Gasteiger partial charge in [0.05, 0.1) is 5.69 Å².